The van der Waals surface area contributed by atoms with Crippen LogP contribution in [-0.2, 0) is 19.4 Å². The summed E-state index contributed by atoms with van der Waals surface area (Å²) in [5.41, 5.74) is 1.22. The number of nitrogens with zero attached hydrogens (tertiary/aromatic N) is 4. The molecule has 0 aliphatic carbocycles. The summed E-state index contributed by atoms with van der Waals surface area (Å²) in [7, 11) is 1.77. The first-order chi connectivity index (χ1) is 11.7. The third-order valence-electron chi connectivity index (χ3n) is 3.75. The number of guanidine groups is 1. The van der Waals surface area contributed by atoms with Crippen LogP contribution in [0.25, 0.3) is 0 Å². The molecule has 0 aliphatic heterocycles. The number of rotatable bonds is 8. The molecule has 0 amide bonds. The first kappa shape index (κ1) is 17.8. The summed E-state index contributed by atoms with van der Waals surface area (Å²) < 4.78 is 2.05. The van der Waals surface area contributed by atoms with E-state index in [0.717, 1.165) is 50.7 Å². The van der Waals surface area contributed by atoms with Gasteiger partial charge in [0.05, 0.1) is 0 Å². The van der Waals surface area contributed by atoms with Crippen LogP contribution in [0, 0.1) is 0 Å². The first-order valence-electron chi connectivity index (χ1n) is 8.32. The van der Waals surface area contributed by atoms with Gasteiger partial charge in [-0.05, 0) is 30.5 Å². The first-order valence-corrected chi connectivity index (χ1v) is 8.32. The van der Waals surface area contributed by atoms with Crippen molar-refractivity contribution in [3.05, 3.63) is 42.0 Å². The summed E-state index contributed by atoms with van der Waals surface area (Å²) in [6, 6.07) is 7.34. The minimum atomic E-state index is 0.306. The van der Waals surface area contributed by atoms with Crippen LogP contribution in [0.15, 0.2) is 35.6 Å². The molecule has 1 aromatic heterocycles. The van der Waals surface area contributed by atoms with E-state index in [1.807, 2.05) is 16.7 Å². The Morgan fingerprint density at radius 2 is 1.96 bits per heavy atom. The highest BCUT2D eigenvalue weighted by atomic mass is 16.3. The van der Waals surface area contributed by atoms with Gasteiger partial charge in [-0.3, -0.25) is 4.99 Å². The maximum absolute atomic E-state index is 9.27. The van der Waals surface area contributed by atoms with E-state index < -0.39 is 0 Å². The highest BCUT2D eigenvalue weighted by Crippen LogP contribution is 2.10. The second-order valence-corrected chi connectivity index (χ2v) is 5.49. The number of aliphatic imine (C=N–C) groups is 1. The van der Waals surface area contributed by atoms with Crippen molar-refractivity contribution in [3.63, 3.8) is 0 Å². The predicted molar refractivity (Wildman–Crippen MR) is 95.2 cm³/mol. The molecule has 0 unspecified atom stereocenters. The van der Waals surface area contributed by atoms with E-state index in [4.69, 9.17) is 0 Å². The van der Waals surface area contributed by atoms with Gasteiger partial charge < -0.3 is 20.3 Å². The molecule has 0 bridgehead atoms. The van der Waals surface area contributed by atoms with Crippen molar-refractivity contribution in [2.24, 2.45) is 4.99 Å². The Balaban J connectivity index is 1.64. The molecule has 1 heterocycles. The molecule has 130 valence electrons. The molecule has 0 radical (unpaired) electrons. The van der Waals surface area contributed by atoms with E-state index in [1.165, 1.54) is 5.56 Å². The van der Waals surface area contributed by atoms with Crippen molar-refractivity contribution in [3.8, 4) is 5.75 Å². The van der Waals surface area contributed by atoms with E-state index in [2.05, 4.69) is 32.7 Å². The summed E-state index contributed by atoms with van der Waals surface area (Å²) in [6.07, 6.45) is 4.60. The number of aryl methyl sites for hydroxylation is 2. The molecule has 24 heavy (non-hydrogen) atoms. The molecule has 0 saturated heterocycles. The largest absolute Gasteiger partial charge is 0.508 e. The molecular formula is C17H26N6O. The van der Waals surface area contributed by atoms with Gasteiger partial charge in [-0.2, -0.15) is 0 Å². The van der Waals surface area contributed by atoms with E-state index >= 15 is 0 Å². The number of hydrogen-bond donors (Lipinski definition) is 3. The highest BCUT2D eigenvalue weighted by Gasteiger charge is 2.02. The number of phenolic OH excluding ortho intramolecular Hbond substituents is 1. The number of hydrogen-bond acceptors (Lipinski definition) is 4. The second kappa shape index (κ2) is 9.54. The Morgan fingerprint density at radius 1 is 1.21 bits per heavy atom. The SMILES string of the molecule is CCc1nncn1CCNC(=NC)NCCCc1ccc(O)cc1. The lowest BCUT2D eigenvalue weighted by Gasteiger charge is -2.12. The van der Waals surface area contributed by atoms with Crippen molar-refractivity contribution < 1.29 is 5.11 Å². The Hall–Kier alpha value is -2.57. The Kier molecular flexibility index (Phi) is 7.07. The quantitative estimate of drug-likeness (QED) is 0.386. The maximum atomic E-state index is 9.27. The zero-order chi connectivity index (χ0) is 17.2. The van der Waals surface area contributed by atoms with Crippen LogP contribution < -0.4 is 10.6 Å². The summed E-state index contributed by atoms with van der Waals surface area (Å²) >= 11 is 0. The summed E-state index contributed by atoms with van der Waals surface area (Å²) in [6.45, 7) is 4.49. The number of benzene rings is 1. The van der Waals surface area contributed by atoms with Gasteiger partial charge in [0, 0.05) is 33.1 Å². The number of aromatic nitrogens is 3. The Morgan fingerprint density at radius 3 is 2.67 bits per heavy atom. The van der Waals surface area contributed by atoms with Crippen molar-refractivity contribution in [1.29, 1.82) is 0 Å². The number of aromatic hydroxyl groups is 1. The third kappa shape index (κ3) is 5.57. The summed E-state index contributed by atoms with van der Waals surface area (Å²) in [4.78, 5) is 4.23. The summed E-state index contributed by atoms with van der Waals surface area (Å²) in [5, 5.41) is 23.9. The predicted octanol–water partition coefficient (Wildman–Crippen LogP) is 1.34. The third-order valence-corrected chi connectivity index (χ3v) is 3.75. The van der Waals surface area contributed by atoms with Crippen molar-refractivity contribution in [1.82, 2.24) is 25.4 Å². The maximum Gasteiger partial charge on any atom is 0.191 e. The zero-order valence-electron chi connectivity index (χ0n) is 14.4. The van der Waals surface area contributed by atoms with Crippen LogP contribution in [0.1, 0.15) is 24.7 Å². The molecule has 0 atom stereocenters. The molecule has 3 N–H and O–H groups in total. The minimum absolute atomic E-state index is 0.306. The fourth-order valence-corrected chi connectivity index (χ4v) is 2.42. The van der Waals surface area contributed by atoms with Crippen LogP contribution in [0.4, 0.5) is 0 Å². The average molecular weight is 330 g/mol. The van der Waals surface area contributed by atoms with E-state index in [-0.39, 0.29) is 0 Å². The van der Waals surface area contributed by atoms with Gasteiger partial charge in [-0.1, -0.05) is 19.1 Å². The van der Waals surface area contributed by atoms with Crippen LogP contribution in [0.3, 0.4) is 0 Å². The van der Waals surface area contributed by atoms with Gasteiger partial charge >= 0.3 is 0 Å². The Labute approximate surface area is 142 Å². The van der Waals surface area contributed by atoms with Crippen LogP contribution >= 0.6 is 0 Å². The van der Waals surface area contributed by atoms with E-state index in [1.54, 1.807) is 25.5 Å². The minimum Gasteiger partial charge on any atom is -0.508 e. The van der Waals surface area contributed by atoms with Gasteiger partial charge in [-0.15, -0.1) is 10.2 Å². The van der Waals surface area contributed by atoms with E-state index in [9.17, 15) is 5.11 Å². The fraction of sp³-hybridized carbons (Fsp3) is 0.471. The van der Waals surface area contributed by atoms with Gasteiger partial charge in [0.15, 0.2) is 5.96 Å². The summed E-state index contributed by atoms with van der Waals surface area (Å²) in [5.74, 6) is 2.10. The Bertz CT molecular complexity index is 635. The fourth-order valence-electron chi connectivity index (χ4n) is 2.42. The van der Waals surface area contributed by atoms with Crippen LogP contribution in [-0.4, -0.2) is 46.0 Å². The van der Waals surface area contributed by atoms with Gasteiger partial charge in [-0.25, -0.2) is 0 Å². The zero-order valence-corrected chi connectivity index (χ0v) is 14.4. The highest BCUT2D eigenvalue weighted by molar-refractivity contribution is 5.79. The van der Waals surface area contributed by atoms with Crippen molar-refractivity contribution in [2.75, 3.05) is 20.1 Å². The van der Waals surface area contributed by atoms with Crippen LogP contribution in [0.5, 0.6) is 5.75 Å². The smallest absolute Gasteiger partial charge is 0.191 e. The molecule has 0 saturated carbocycles. The van der Waals surface area contributed by atoms with Gasteiger partial charge in [0.25, 0.3) is 0 Å². The second-order valence-electron chi connectivity index (χ2n) is 5.49. The monoisotopic (exact) mass is 330 g/mol. The topological polar surface area (TPSA) is 87.4 Å². The standard InChI is InChI=1S/C17H26N6O/c1-3-16-22-21-13-23(16)12-11-20-17(18-2)19-10-4-5-14-6-8-15(24)9-7-14/h6-9,13,24H,3-5,10-12H2,1-2H3,(H2,18,19,20). The molecule has 0 fully saturated rings. The van der Waals surface area contributed by atoms with Crippen molar-refractivity contribution >= 4 is 5.96 Å². The molecule has 7 nitrogen and oxygen atoms in total. The normalized spacial score (nSPS) is 11.5. The molecule has 0 aliphatic rings. The lowest BCUT2D eigenvalue weighted by molar-refractivity contribution is 0.475. The average Bonchev–Trinajstić information content (AvgIpc) is 3.06. The molecule has 2 rings (SSSR count). The van der Waals surface area contributed by atoms with Crippen molar-refractivity contribution in [2.45, 2.75) is 32.7 Å². The van der Waals surface area contributed by atoms with Gasteiger partial charge in [0.2, 0.25) is 0 Å². The lowest BCUT2D eigenvalue weighted by atomic mass is 10.1. The molecule has 2 aromatic rings. The molecule has 1 aromatic carbocycles. The van der Waals surface area contributed by atoms with Gasteiger partial charge in [0.1, 0.15) is 17.9 Å². The molecule has 7 heteroatoms. The number of nitrogens with one attached hydrogen (secondary N) is 2. The van der Waals surface area contributed by atoms with E-state index in [0.29, 0.717) is 5.75 Å². The molecule has 0 spiro atoms. The number of phenols is 1. The molecular weight excluding hydrogens is 304 g/mol. The van der Waals surface area contributed by atoms with Crippen LogP contribution in [0.2, 0.25) is 0 Å². The lowest BCUT2D eigenvalue weighted by Crippen LogP contribution is -2.39.